The van der Waals surface area contributed by atoms with E-state index >= 15 is 0 Å². The maximum Gasteiger partial charge on any atom is 0.298 e. The summed E-state index contributed by atoms with van der Waals surface area (Å²) in [7, 11) is -25.6. The quantitative estimate of drug-likeness (QED) is 0.0169. The van der Waals surface area contributed by atoms with Crippen LogP contribution in [0.15, 0.2) is 176 Å². The first-order valence-corrected chi connectivity index (χ1v) is 32.0. The van der Waals surface area contributed by atoms with E-state index in [0.29, 0.717) is 58.0 Å². The second-order valence-corrected chi connectivity index (χ2v) is 27.2. The van der Waals surface area contributed by atoms with Crippen LogP contribution < -0.4 is 18.9 Å². The van der Waals surface area contributed by atoms with Crippen molar-refractivity contribution in [1.29, 1.82) is 0 Å². The van der Waals surface area contributed by atoms with Gasteiger partial charge in [-0.05, 0) is 146 Å². The molecule has 0 saturated carbocycles. The first-order chi connectivity index (χ1) is 37.7. The van der Waals surface area contributed by atoms with Gasteiger partial charge in [0.05, 0.1) is 57.9 Å². The lowest BCUT2D eigenvalue weighted by molar-refractivity contribution is -0.432. The maximum absolute atomic E-state index is 13.4. The van der Waals surface area contributed by atoms with Gasteiger partial charge in [0.25, 0.3) is 40.5 Å². The number of hydrogen-bond donors (Lipinski definition) is 6. The second kappa shape index (κ2) is 25.5. The Bertz CT molecular complexity index is 4250. The number of rotatable bonds is 21. The Morgan fingerprint density at radius 1 is 0.358 bits per heavy atom. The summed E-state index contributed by atoms with van der Waals surface area (Å²) in [4.78, 5) is -3.80. The third-order valence-electron chi connectivity index (χ3n) is 11.1. The van der Waals surface area contributed by atoms with E-state index in [9.17, 15) is 68.7 Å². The molecular formula is C47H42O26S8. The minimum absolute atomic E-state index is 0.0526. The van der Waals surface area contributed by atoms with Crippen LogP contribution in [-0.4, -0.2) is 93.5 Å². The van der Waals surface area contributed by atoms with Gasteiger partial charge in [0.15, 0.2) is 0 Å². The molecule has 26 nitrogen and oxygen atoms in total. The van der Waals surface area contributed by atoms with Gasteiger partial charge in [-0.25, -0.2) is 27.4 Å². The van der Waals surface area contributed by atoms with Crippen LogP contribution in [0.3, 0.4) is 0 Å². The number of benzene rings is 7. The van der Waals surface area contributed by atoms with Crippen molar-refractivity contribution in [1.82, 2.24) is 0 Å². The van der Waals surface area contributed by atoms with Gasteiger partial charge in [-0.3, -0.25) is 18.2 Å². The highest BCUT2D eigenvalue weighted by Crippen LogP contribution is 2.40. The van der Waals surface area contributed by atoms with E-state index in [-0.39, 0.29) is 48.3 Å². The normalized spacial score (nSPS) is 12.3. The number of hydrogen-bond acceptors (Lipinski definition) is 24. The van der Waals surface area contributed by atoms with Crippen LogP contribution in [0.25, 0.3) is 11.1 Å². The summed E-state index contributed by atoms with van der Waals surface area (Å²) in [5.41, 5.74) is 2.57. The first kappa shape index (κ1) is 63.9. The molecule has 34 heteroatoms. The lowest BCUT2D eigenvalue weighted by Crippen LogP contribution is -2.07. The summed E-state index contributed by atoms with van der Waals surface area (Å²) in [5.74, 6) is -1.32. The molecule has 0 heterocycles. The van der Waals surface area contributed by atoms with Gasteiger partial charge in [-0.2, -0.15) is 33.7 Å². The Hall–Kier alpha value is -6.26. The molecule has 0 aliphatic heterocycles. The third-order valence-corrected chi connectivity index (χ3v) is 19.6. The highest BCUT2D eigenvalue weighted by atomic mass is 32.2. The van der Waals surface area contributed by atoms with E-state index in [2.05, 4.69) is 18.7 Å². The minimum Gasteiger partial charge on any atom is -0.495 e. The predicted octanol–water partition coefficient (Wildman–Crippen LogP) is 9.08. The van der Waals surface area contributed by atoms with Gasteiger partial charge in [0, 0.05) is 15.9 Å². The number of aryl methyl sites for hydroxylation is 3. The standard InChI is InChI=1S/C27H24O13S4.C20H18O13S4/c1-16-4-7-20(14-25(16)41-40-39-28)42(29,30)21-8-11-24(27(15-21)44(34,35)36)38-22-9-5-18(12-17(22)2)19-6-10-23(37-3)26(13-19)43(31,32)33;1-12-3-5-14(10-18(12)34-33-32-21)35(22,23)15-6-8-17(20(11-15)37(27,28)29)31-13-4-7-16(30-2)19(9-13)36(24,25)26/h4-15,28H,1-3H3,(H,31,32,33)(H,34,35,36);3-11,21H,1-2H3,(H,24,25,26)(H,27,28,29). The molecule has 0 radical (unpaired) electrons. The average Bonchev–Trinajstić information content (AvgIpc) is 3.60. The molecule has 81 heavy (non-hydrogen) atoms. The molecule has 0 saturated heterocycles. The van der Waals surface area contributed by atoms with Gasteiger partial charge in [-0.15, -0.1) is 8.67 Å². The lowest BCUT2D eigenvalue weighted by atomic mass is 10.0. The fraction of sp³-hybridized carbons (Fsp3) is 0.106. The summed E-state index contributed by atoms with van der Waals surface area (Å²) in [6.07, 6.45) is 0. The zero-order valence-corrected chi connectivity index (χ0v) is 48.3. The lowest BCUT2D eigenvalue weighted by Gasteiger charge is -2.15. The SMILES string of the molecule is COc1ccc(-c2ccc(Oc3ccc(S(=O)(=O)c4ccc(C)c(SOOO)c4)cc3S(=O)(=O)O)c(C)c2)cc1S(=O)(=O)O.COc1ccc(Oc2ccc(S(=O)(=O)c3ccc(C)c(SOOO)c3)cc2S(=O)(=O)O)cc1S(=O)(=O)O. The Balaban J connectivity index is 0.000000265. The van der Waals surface area contributed by atoms with E-state index in [1.54, 1.807) is 39.0 Å². The number of methoxy groups -OCH3 is 2. The highest BCUT2D eigenvalue weighted by molar-refractivity contribution is 7.95. The Morgan fingerprint density at radius 3 is 1.11 bits per heavy atom. The van der Waals surface area contributed by atoms with Crippen molar-refractivity contribution in [3.8, 4) is 45.6 Å². The number of ether oxygens (including phenoxy) is 4. The summed E-state index contributed by atoms with van der Waals surface area (Å²) < 4.78 is 217. The molecular weight excluding hydrogens is 1240 g/mol. The molecule has 434 valence electrons. The van der Waals surface area contributed by atoms with Crippen molar-refractivity contribution in [3.05, 3.63) is 144 Å². The van der Waals surface area contributed by atoms with Crippen LogP contribution in [0.5, 0.6) is 34.5 Å². The van der Waals surface area contributed by atoms with Crippen LogP contribution >= 0.6 is 24.1 Å². The predicted molar refractivity (Wildman–Crippen MR) is 283 cm³/mol. The third kappa shape index (κ3) is 15.4. The molecule has 7 aromatic rings. The fourth-order valence-electron chi connectivity index (χ4n) is 7.10. The van der Waals surface area contributed by atoms with Gasteiger partial charge in [-0.1, -0.05) is 34.3 Å². The molecule has 0 atom stereocenters. The van der Waals surface area contributed by atoms with Crippen LogP contribution in [0, 0.1) is 20.8 Å². The minimum atomic E-state index is -5.05. The zero-order chi connectivity index (χ0) is 60.0. The largest absolute Gasteiger partial charge is 0.495 e. The van der Waals surface area contributed by atoms with Gasteiger partial charge >= 0.3 is 0 Å². The smallest absolute Gasteiger partial charge is 0.298 e. The second-order valence-electron chi connectivity index (χ2n) is 16.3. The molecule has 7 rings (SSSR count). The maximum atomic E-state index is 13.4. The van der Waals surface area contributed by atoms with Crippen molar-refractivity contribution in [3.63, 3.8) is 0 Å². The van der Waals surface area contributed by atoms with Crippen molar-refractivity contribution in [2.75, 3.05) is 14.2 Å². The number of sulfone groups is 2. The molecule has 0 unspecified atom stereocenters. The van der Waals surface area contributed by atoms with Crippen LogP contribution in [0.2, 0.25) is 0 Å². The Morgan fingerprint density at radius 2 is 0.704 bits per heavy atom. The summed E-state index contributed by atoms with van der Waals surface area (Å²) in [6, 6.07) is 25.4. The molecule has 0 aromatic heterocycles. The van der Waals surface area contributed by atoms with Gasteiger partial charge < -0.3 is 18.9 Å². The van der Waals surface area contributed by atoms with E-state index in [1.165, 1.54) is 67.8 Å². The summed E-state index contributed by atoms with van der Waals surface area (Å²) in [6.45, 7) is 4.91. The van der Waals surface area contributed by atoms with E-state index in [1.807, 2.05) is 0 Å². The van der Waals surface area contributed by atoms with E-state index in [4.69, 9.17) is 29.5 Å². The molecule has 0 amide bonds. The highest BCUT2D eigenvalue weighted by Gasteiger charge is 2.28. The summed E-state index contributed by atoms with van der Waals surface area (Å²) in [5, 5.41) is 23.8. The molecule has 0 aliphatic carbocycles. The van der Waals surface area contributed by atoms with Crippen LogP contribution in [0.4, 0.5) is 0 Å². The average molecular weight is 1280 g/mol. The molecule has 6 N–H and O–H groups in total. The topological polar surface area (TPSA) is 400 Å². The zero-order valence-electron chi connectivity index (χ0n) is 41.7. The van der Waals surface area contributed by atoms with Crippen molar-refractivity contribution in [2.24, 2.45) is 0 Å². The molecule has 0 spiro atoms. The molecule has 7 aromatic carbocycles. The van der Waals surface area contributed by atoms with Crippen LogP contribution in [0.1, 0.15) is 16.7 Å². The van der Waals surface area contributed by atoms with Crippen molar-refractivity contribution < 1.29 is 117 Å². The monoisotopic (exact) mass is 1280 g/mol. The molecule has 0 aliphatic rings. The Labute approximate surface area is 471 Å². The fourth-order valence-corrected chi connectivity index (χ4v) is 13.6. The molecule has 0 fully saturated rings. The van der Waals surface area contributed by atoms with Gasteiger partial charge in [0.2, 0.25) is 19.7 Å². The molecule has 0 bridgehead atoms. The van der Waals surface area contributed by atoms with Gasteiger partial charge in [0.1, 0.15) is 54.1 Å². The first-order valence-electron chi connectivity index (χ1n) is 21.8. The van der Waals surface area contributed by atoms with E-state index in [0.717, 1.165) is 49.6 Å². The summed E-state index contributed by atoms with van der Waals surface area (Å²) >= 11 is 1.08. The Kier molecular flexibility index (Phi) is 20.1. The van der Waals surface area contributed by atoms with Crippen molar-refractivity contribution in [2.45, 2.75) is 69.7 Å². The van der Waals surface area contributed by atoms with Crippen LogP contribution in [-0.2, 0) is 78.9 Å². The van der Waals surface area contributed by atoms with Crippen molar-refractivity contribution >= 4 is 84.2 Å². The van der Waals surface area contributed by atoms with E-state index < -0.39 is 95.3 Å².